The standard InChI is InChI=1S/C33H28FN7OS/c1-24-12-14-25(15-13-24)22-42-32-38-40(23-39(29-8-4-2-5-9-29)30-10-6-3-7-11-30)33(43)41(32)36-21-27-20-35-37-31(27)26-16-18-28(34)19-17-26/h2-21H,22-23H2,1H3,(H,35,37)/b36-21+. The van der Waals surface area contributed by atoms with E-state index in [2.05, 4.69) is 20.2 Å². The van der Waals surface area contributed by atoms with E-state index in [-0.39, 0.29) is 18.4 Å². The van der Waals surface area contributed by atoms with Crippen molar-refractivity contribution in [3.05, 3.63) is 143 Å². The molecular formula is C33H28FN7OS. The predicted molar refractivity (Wildman–Crippen MR) is 169 cm³/mol. The lowest BCUT2D eigenvalue weighted by atomic mass is 10.1. The van der Waals surface area contributed by atoms with Crippen molar-refractivity contribution in [3.63, 3.8) is 0 Å². The van der Waals surface area contributed by atoms with Gasteiger partial charge in [0, 0.05) is 22.5 Å². The number of nitrogens with zero attached hydrogens (tertiary/aromatic N) is 6. The van der Waals surface area contributed by atoms with Gasteiger partial charge in [-0.15, -0.1) is 5.10 Å². The van der Waals surface area contributed by atoms with E-state index in [1.54, 1.807) is 29.2 Å². The third-order valence-electron chi connectivity index (χ3n) is 6.80. The summed E-state index contributed by atoms with van der Waals surface area (Å²) in [6.45, 7) is 2.65. The van der Waals surface area contributed by atoms with E-state index in [0.29, 0.717) is 22.7 Å². The highest BCUT2D eigenvalue weighted by atomic mass is 32.1. The second-order valence-electron chi connectivity index (χ2n) is 9.84. The number of rotatable bonds is 10. The summed E-state index contributed by atoms with van der Waals surface area (Å²) < 4.78 is 23.2. The first-order valence-electron chi connectivity index (χ1n) is 13.6. The summed E-state index contributed by atoms with van der Waals surface area (Å²) >= 11 is 5.89. The lowest BCUT2D eigenvalue weighted by Crippen LogP contribution is -2.22. The Morgan fingerprint density at radius 1 is 0.907 bits per heavy atom. The fraction of sp³-hybridized carbons (Fsp3) is 0.0909. The fourth-order valence-corrected chi connectivity index (χ4v) is 4.74. The Morgan fingerprint density at radius 2 is 1.56 bits per heavy atom. The largest absolute Gasteiger partial charge is 0.457 e. The summed E-state index contributed by atoms with van der Waals surface area (Å²) in [5, 5.41) is 16.6. The van der Waals surface area contributed by atoms with E-state index >= 15 is 0 Å². The van der Waals surface area contributed by atoms with E-state index in [0.717, 1.165) is 22.5 Å². The molecule has 0 aliphatic heterocycles. The normalized spacial score (nSPS) is 11.2. The first-order valence-corrected chi connectivity index (χ1v) is 14.1. The lowest BCUT2D eigenvalue weighted by Gasteiger charge is -2.24. The van der Waals surface area contributed by atoms with E-state index in [1.807, 2.05) is 91.9 Å². The SMILES string of the molecule is Cc1ccc(COc2nn(CN(c3ccccc3)c3ccccc3)c(=S)n2/N=C/c2cn[nH]c2-c2ccc(F)cc2)cc1. The number of aromatic nitrogens is 5. The highest BCUT2D eigenvalue weighted by Crippen LogP contribution is 2.27. The molecule has 43 heavy (non-hydrogen) atoms. The second-order valence-corrected chi connectivity index (χ2v) is 10.2. The van der Waals surface area contributed by atoms with Crippen molar-refractivity contribution in [2.75, 3.05) is 4.90 Å². The minimum absolute atomic E-state index is 0.245. The van der Waals surface area contributed by atoms with Gasteiger partial charge in [0.15, 0.2) is 0 Å². The number of halogens is 1. The molecule has 2 heterocycles. The maximum absolute atomic E-state index is 13.5. The zero-order valence-corrected chi connectivity index (χ0v) is 24.2. The van der Waals surface area contributed by atoms with Crippen LogP contribution >= 0.6 is 12.2 Å². The molecule has 214 valence electrons. The molecule has 0 amide bonds. The number of aromatic amines is 1. The van der Waals surface area contributed by atoms with E-state index in [4.69, 9.17) is 22.1 Å². The molecule has 6 rings (SSSR count). The van der Waals surface area contributed by atoms with Gasteiger partial charge < -0.3 is 9.64 Å². The van der Waals surface area contributed by atoms with Crippen molar-refractivity contribution in [1.29, 1.82) is 0 Å². The fourth-order valence-electron chi connectivity index (χ4n) is 4.52. The molecule has 0 radical (unpaired) electrons. The van der Waals surface area contributed by atoms with Crippen molar-refractivity contribution in [2.24, 2.45) is 5.10 Å². The van der Waals surface area contributed by atoms with Gasteiger partial charge in [-0.3, -0.25) is 5.10 Å². The van der Waals surface area contributed by atoms with Crippen LogP contribution in [0.25, 0.3) is 11.3 Å². The lowest BCUT2D eigenvalue weighted by molar-refractivity contribution is 0.267. The number of aryl methyl sites for hydroxylation is 1. The molecule has 0 unspecified atom stereocenters. The summed E-state index contributed by atoms with van der Waals surface area (Å²) in [5.74, 6) is -0.312. The third kappa shape index (κ3) is 6.44. The Balaban J connectivity index is 1.36. The minimum Gasteiger partial charge on any atom is -0.457 e. The van der Waals surface area contributed by atoms with Gasteiger partial charge in [-0.05, 0) is 73.2 Å². The van der Waals surface area contributed by atoms with Crippen LogP contribution in [0.4, 0.5) is 15.8 Å². The molecule has 0 aliphatic rings. The van der Waals surface area contributed by atoms with Crippen LogP contribution in [0.3, 0.4) is 0 Å². The van der Waals surface area contributed by atoms with Crippen LogP contribution in [0.2, 0.25) is 0 Å². The van der Waals surface area contributed by atoms with E-state index in [9.17, 15) is 4.39 Å². The maximum atomic E-state index is 13.5. The molecule has 1 N–H and O–H groups in total. The molecule has 0 atom stereocenters. The summed E-state index contributed by atoms with van der Waals surface area (Å²) in [6.07, 6.45) is 3.28. The Kier molecular flexibility index (Phi) is 8.19. The van der Waals surface area contributed by atoms with Crippen LogP contribution in [0.15, 0.2) is 120 Å². The van der Waals surface area contributed by atoms with Gasteiger partial charge >= 0.3 is 6.01 Å². The molecule has 8 nitrogen and oxygen atoms in total. The van der Waals surface area contributed by atoms with E-state index in [1.165, 1.54) is 22.4 Å². The van der Waals surface area contributed by atoms with Crippen molar-refractivity contribution >= 4 is 29.8 Å². The zero-order chi connectivity index (χ0) is 29.6. The maximum Gasteiger partial charge on any atom is 0.338 e. The number of H-pyrrole nitrogens is 1. The third-order valence-corrected chi connectivity index (χ3v) is 7.19. The van der Waals surface area contributed by atoms with Crippen LogP contribution in [-0.2, 0) is 13.3 Å². The smallest absolute Gasteiger partial charge is 0.338 e. The van der Waals surface area contributed by atoms with E-state index < -0.39 is 0 Å². The number of anilines is 2. The number of hydrogen-bond donors (Lipinski definition) is 1. The highest BCUT2D eigenvalue weighted by Gasteiger charge is 2.17. The highest BCUT2D eigenvalue weighted by molar-refractivity contribution is 7.71. The van der Waals surface area contributed by atoms with Crippen molar-refractivity contribution in [1.82, 2.24) is 24.7 Å². The van der Waals surface area contributed by atoms with Gasteiger partial charge in [0.1, 0.15) is 19.1 Å². The van der Waals surface area contributed by atoms with Crippen molar-refractivity contribution in [3.8, 4) is 17.3 Å². The first-order chi connectivity index (χ1) is 21.0. The molecule has 2 aromatic heterocycles. The van der Waals surface area contributed by atoms with Crippen LogP contribution in [0.5, 0.6) is 6.01 Å². The van der Waals surface area contributed by atoms with Gasteiger partial charge in [0.2, 0.25) is 4.77 Å². The quantitative estimate of drug-likeness (QED) is 0.132. The number of para-hydroxylation sites is 2. The average molecular weight is 590 g/mol. The predicted octanol–water partition coefficient (Wildman–Crippen LogP) is 7.51. The average Bonchev–Trinajstić information content (AvgIpc) is 3.63. The van der Waals surface area contributed by atoms with Crippen LogP contribution < -0.4 is 9.64 Å². The Morgan fingerprint density at radius 3 is 2.21 bits per heavy atom. The van der Waals surface area contributed by atoms with Gasteiger partial charge in [-0.1, -0.05) is 66.2 Å². The molecule has 0 bridgehead atoms. The number of nitrogens with one attached hydrogen (secondary N) is 1. The second kappa shape index (κ2) is 12.7. The first kappa shape index (κ1) is 27.8. The summed E-state index contributed by atoms with van der Waals surface area (Å²) in [5.41, 5.74) is 6.29. The van der Waals surface area contributed by atoms with Crippen LogP contribution in [0, 0.1) is 17.5 Å². The molecule has 0 saturated carbocycles. The number of hydrogen-bond acceptors (Lipinski definition) is 6. The zero-order valence-electron chi connectivity index (χ0n) is 23.3. The monoisotopic (exact) mass is 589 g/mol. The Labute approximate surface area is 253 Å². The summed E-state index contributed by atoms with van der Waals surface area (Å²) in [7, 11) is 0. The van der Waals surface area contributed by atoms with Gasteiger partial charge in [0.05, 0.1) is 18.1 Å². The molecular weight excluding hydrogens is 561 g/mol. The van der Waals surface area contributed by atoms with Crippen molar-refractivity contribution < 1.29 is 9.13 Å². The van der Waals surface area contributed by atoms with Gasteiger partial charge in [-0.25, -0.2) is 9.07 Å². The van der Waals surface area contributed by atoms with Gasteiger partial charge in [-0.2, -0.15) is 14.9 Å². The number of ether oxygens (including phenoxy) is 1. The minimum atomic E-state index is -0.312. The van der Waals surface area contributed by atoms with Gasteiger partial charge in [0.25, 0.3) is 0 Å². The topological polar surface area (TPSA) is 76.3 Å². The van der Waals surface area contributed by atoms with Crippen molar-refractivity contribution in [2.45, 2.75) is 20.2 Å². The molecule has 10 heteroatoms. The Hall–Kier alpha value is -5.35. The molecule has 0 spiro atoms. The summed E-state index contributed by atoms with van der Waals surface area (Å²) in [6, 6.07) is 34.6. The number of benzene rings is 4. The molecule has 0 saturated heterocycles. The van der Waals surface area contributed by atoms with Crippen LogP contribution in [0.1, 0.15) is 16.7 Å². The van der Waals surface area contributed by atoms with Crippen LogP contribution in [-0.4, -0.2) is 30.9 Å². The molecule has 6 aromatic rings. The molecule has 0 fully saturated rings. The Bertz CT molecular complexity index is 1840. The molecule has 4 aromatic carbocycles. The summed E-state index contributed by atoms with van der Waals surface area (Å²) in [4.78, 5) is 2.11. The molecule has 0 aliphatic carbocycles.